The maximum absolute atomic E-state index is 13.5. The number of allylic oxidation sites excluding steroid dienone is 1. The minimum Gasteiger partial charge on any atom is -0.493 e. The van der Waals surface area contributed by atoms with Crippen LogP contribution in [0.5, 0.6) is 5.75 Å². The molecule has 3 rings (SSSR count). The second-order valence-electron chi connectivity index (χ2n) is 11.0. The number of carbonyl (C=O) groups excluding carboxylic acids is 4. The lowest BCUT2D eigenvalue weighted by Gasteiger charge is -2.27. The van der Waals surface area contributed by atoms with Crippen LogP contribution in [0, 0.1) is 5.92 Å². The van der Waals surface area contributed by atoms with Crippen LogP contribution in [0.4, 0.5) is 4.79 Å². The summed E-state index contributed by atoms with van der Waals surface area (Å²) in [6, 6.07) is 4.46. The lowest BCUT2D eigenvalue weighted by molar-refractivity contribution is -0.145. The van der Waals surface area contributed by atoms with E-state index in [9.17, 15) is 19.2 Å². The zero-order valence-corrected chi connectivity index (χ0v) is 23.9. The maximum Gasteiger partial charge on any atom is 0.408 e. The summed E-state index contributed by atoms with van der Waals surface area (Å²) < 4.78 is 16.0. The van der Waals surface area contributed by atoms with E-state index in [2.05, 4.69) is 16.0 Å². The number of benzene rings is 1. The first-order chi connectivity index (χ1) is 18.4. The fourth-order valence-corrected chi connectivity index (χ4v) is 4.00. The van der Waals surface area contributed by atoms with E-state index in [0.717, 1.165) is 5.56 Å². The van der Waals surface area contributed by atoms with Crippen molar-refractivity contribution in [1.82, 2.24) is 16.0 Å². The number of carbonyl (C=O) groups is 4. The molecule has 0 radical (unpaired) electrons. The monoisotopic (exact) mass is 545 g/mol. The van der Waals surface area contributed by atoms with E-state index in [1.54, 1.807) is 20.8 Å². The third-order valence-electron chi connectivity index (χ3n) is 5.85. The fourth-order valence-electron chi connectivity index (χ4n) is 4.00. The normalized spacial score (nSPS) is 22.3. The molecule has 2 aliphatic heterocycles. The van der Waals surface area contributed by atoms with Gasteiger partial charge >= 0.3 is 12.1 Å². The fraction of sp³-hybridized carbons (Fsp3) is 0.586. The zero-order valence-electron chi connectivity index (χ0n) is 23.9. The Balaban J connectivity index is 2.37. The second kappa shape index (κ2) is 15.1. The Bertz CT molecular complexity index is 999. The molecule has 3 N–H and O–H groups in total. The summed E-state index contributed by atoms with van der Waals surface area (Å²) in [6.07, 6.45) is 5.19. The van der Waals surface area contributed by atoms with Gasteiger partial charge in [0.15, 0.2) is 0 Å². The quantitative estimate of drug-likeness (QED) is 0.390. The van der Waals surface area contributed by atoms with Gasteiger partial charge in [0.05, 0.1) is 13.7 Å². The molecule has 3 atom stereocenters. The van der Waals surface area contributed by atoms with Gasteiger partial charge in [0.1, 0.15) is 29.5 Å². The van der Waals surface area contributed by atoms with Crippen molar-refractivity contribution < 1.29 is 33.4 Å². The van der Waals surface area contributed by atoms with Crippen LogP contribution in [0.1, 0.15) is 65.9 Å². The SMILES string of the molecule is COC(=O)[C@@H]1CC/C=C/CCOc2ccc(cc2)C[C@H](NC(=O)OC(C)(C)C)C(=O)N[C@@H](CC(C)C)C(=O)N1. The summed E-state index contributed by atoms with van der Waals surface area (Å²) in [5, 5.41) is 8.17. The molecule has 2 heterocycles. The number of fused-ring (bicyclic) bond motifs is 15. The van der Waals surface area contributed by atoms with Gasteiger partial charge in [0.25, 0.3) is 0 Å². The Labute approximate surface area is 231 Å². The molecule has 0 unspecified atom stereocenters. The Morgan fingerprint density at radius 2 is 1.72 bits per heavy atom. The minimum absolute atomic E-state index is 0.0620. The molecule has 1 aromatic rings. The van der Waals surface area contributed by atoms with E-state index in [1.165, 1.54) is 7.11 Å². The minimum atomic E-state index is -1.02. The summed E-state index contributed by atoms with van der Waals surface area (Å²) in [6.45, 7) is 9.51. The van der Waals surface area contributed by atoms with Gasteiger partial charge in [-0.1, -0.05) is 38.1 Å². The van der Waals surface area contributed by atoms with Crippen molar-refractivity contribution in [3.8, 4) is 5.75 Å². The van der Waals surface area contributed by atoms with E-state index in [-0.39, 0.29) is 12.3 Å². The van der Waals surface area contributed by atoms with Gasteiger partial charge in [-0.25, -0.2) is 9.59 Å². The third-order valence-corrected chi connectivity index (χ3v) is 5.85. The molecule has 0 aromatic heterocycles. The van der Waals surface area contributed by atoms with Gasteiger partial charge < -0.3 is 30.2 Å². The van der Waals surface area contributed by atoms with Crippen molar-refractivity contribution in [3.63, 3.8) is 0 Å². The van der Waals surface area contributed by atoms with Gasteiger partial charge in [0, 0.05) is 6.42 Å². The molecule has 0 spiro atoms. The molecule has 0 fully saturated rings. The molecule has 1 aromatic carbocycles. The number of hydrogen-bond acceptors (Lipinski definition) is 7. The van der Waals surface area contributed by atoms with Gasteiger partial charge in [-0.3, -0.25) is 9.59 Å². The van der Waals surface area contributed by atoms with Crippen LogP contribution < -0.4 is 20.7 Å². The van der Waals surface area contributed by atoms with Crippen molar-refractivity contribution in [2.45, 2.75) is 90.4 Å². The molecule has 10 heteroatoms. The molecule has 2 aliphatic rings. The molecule has 10 nitrogen and oxygen atoms in total. The summed E-state index contributed by atoms with van der Waals surface area (Å²) in [5.74, 6) is -0.858. The van der Waals surface area contributed by atoms with E-state index in [0.29, 0.717) is 38.0 Å². The summed E-state index contributed by atoms with van der Waals surface area (Å²) in [5.41, 5.74) is 0.0259. The van der Waals surface area contributed by atoms with Crippen molar-refractivity contribution in [3.05, 3.63) is 42.0 Å². The van der Waals surface area contributed by atoms with Crippen molar-refractivity contribution in [1.29, 1.82) is 0 Å². The van der Waals surface area contributed by atoms with Gasteiger partial charge in [-0.2, -0.15) is 0 Å². The molecule has 0 saturated heterocycles. The highest BCUT2D eigenvalue weighted by atomic mass is 16.6. The average molecular weight is 546 g/mol. The van der Waals surface area contributed by atoms with Crippen LogP contribution in [-0.4, -0.2) is 61.3 Å². The Morgan fingerprint density at radius 3 is 2.33 bits per heavy atom. The highest BCUT2D eigenvalue weighted by molar-refractivity contribution is 5.93. The summed E-state index contributed by atoms with van der Waals surface area (Å²) in [4.78, 5) is 51.8. The number of hydrogen-bond donors (Lipinski definition) is 3. The number of alkyl carbamates (subject to hydrolysis) is 1. The molecular weight excluding hydrogens is 502 g/mol. The van der Waals surface area contributed by atoms with E-state index < -0.39 is 47.6 Å². The standard InChI is InChI=1S/C29H43N3O7/c1-19(2)17-23-25(33)30-22(27(35)37-6)11-9-7-8-10-16-38-21-14-12-20(13-15-21)18-24(26(34)31-23)32-28(36)39-29(3,4)5/h7-8,12-15,19,22-24H,9-11,16-18H2,1-6H3,(H,30,33)(H,31,34)(H,32,36)/b8-7+/t22-,23-,24-/m0/s1. The average Bonchev–Trinajstić information content (AvgIpc) is 2.85. The van der Waals surface area contributed by atoms with Crippen molar-refractivity contribution in [2.75, 3.05) is 13.7 Å². The van der Waals surface area contributed by atoms with Crippen molar-refractivity contribution >= 4 is 23.9 Å². The lowest BCUT2D eigenvalue weighted by Crippen LogP contribution is -2.56. The second-order valence-corrected chi connectivity index (χ2v) is 11.0. The van der Waals surface area contributed by atoms with Gasteiger partial charge in [-0.15, -0.1) is 0 Å². The van der Waals surface area contributed by atoms with Crippen LogP contribution in [0.25, 0.3) is 0 Å². The Morgan fingerprint density at radius 1 is 1.05 bits per heavy atom. The lowest BCUT2D eigenvalue weighted by atomic mass is 10.0. The number of nitrogens with one attached hydrogen (secondary N) is 3. The van der Waals surface area contributed by atoms with Gasteiger partial charge in [-0.05, 0) is 70.1 Å². The third kappa shape index (κ3) is 11.8. The number of methoxy groups -OCH3 is 1. The summed E-state index contributed by atoms with van der Waals surface area (Å²) >= 11 is 0. The number of amides is 3. The predicted octanol–water partition coefficient (Wildman–Crippen LogP) is 3.43. The topological polar surface area (TPSA) is 132 Å². The number of rotatable bonds is 4. The summed E-state index contributed by atoms with van der Waals surface area (Å²) in [7, 11) is 1.27. The predicted molar refractivity (Wildman–Crippen MR) is 147 cm³/mol. The molecule has 0 aliphatic carbocycles. The van der Waals surface area contributed by atoms with Crippen LogP contribution in [0.15, 0.2) is 36.4 Å². The zero-order chi connectivity index (χ0) is 29.0. The highest BCUT2D eigenvalue weighted by Gasteiger charge is 2.31. The molecule has 2 bridgehead atoms. The van der Waals surface area contributed by atoms with Gasteiger partial charge in [0.2, 0.25) is 11.8 Å². The molecule has 216 valence electrons. The molecule has 39 heavy (non-hydrogen) atoms. The van der Waals surface area contributed by atoms with E-state index in [4.69, 9.17) is 14.2 Å². The highest BCUT2D eigenvalue weighted by Crippen LogP contribution is 2.16. The first-order valence-corrected chi connectivity index (χ1v) is 13.4. The van der Waals surface area contributed by atoms with Crippen LogP contribution in [0.3, 0.4) is 0 Å². The molecular formula is C29H43N3O7. The first kappa shape index (κ1) is 31.7. The van der Waals surface area contributed by atoms with Crippen LogP contribution in [-0.2, 0) is 30.3 Å². The first-order valence-electron chi connectivity index (χ1n) is 13.4. The van der Waals surface area contributed by atoms with E-state index in [1.807, 2.05) is 50.3 Å². The largest absolute Gasteiger partial charge is 0.493 e. The maximum atomic E-state index is 13.5. The molecule has 3 amide bonds. The molecule has 0 saturated carbocycles. The van der Waals surface area contributed by atoms with Crippen LogP contribution in [0.2, 0.25) is 0 Å². The van der Waals surface area contributed by atoms with E-state index >= 15 is 0 Å². The Kier molecular flexibility index (Phi) is 12.3. The smallest absolute Gasteiger partial charge is 0.408 e. The Hall–Kier alpha value is -3.56. The van der Waals surface area contributed by atoms with Crippen molar-refractivity contribution in [2.24, 2.45) is 5.92 Å². The van der Waals surface area contributed by atoms with Crippen LogP contribution >= 0.6 is 0 Å². The number of ether oxygens (including phenoxy) is 3. The number of esters is 1.